The van der Waals surface area contributed by atoms with E-state index in [2.05, 4.69) is 9.98 Å². The van der Waals surface area contributed by atoms with Crippen LogP contribution in [-0.2, 0) is 0 Å². The molecule has 18 heavy (non-hydrogen) atoms. The van der Waals surface area contributed by atoms with Gasteiger partial charge in [0.05, 0.1) is 11.0 Å². The lowest BCUT2D eigenvalue weighted by atomic mass is 10.2. The first kappa shape index (κ1) is 13.3. The lowest BCUT2D eigenvalue weighted by molar-refractivity contribution is -0.384. The van der Waals surface area contributed by atoms with E-state index in [0.29, 0.717) is 12.1 Å². The van der Waals surface area contributed by atoms with Gasteiger partial charge in [-0.1, -0.05) is 0 Å². The van der Waals surface area contributed by atoms with Crippen molar-refractivity contribution in [3.05, 3.63) is 33.9 Å². The molecular weight excluding hydrogens is 250 g/mol. The third-order valence-corrected chi connectivity index (χ3v) is 1.67. The standard InChI is InChI=1S/C8H8F2N6O2/c9-3-1-4(10)6(5(2-3)16(17)18)14-8(13)15-7(11)12/h1-2H,(H6,11,12,13,14,15). The van der Waals surface area contributed by atoms with E-state index in [4.69, 9.17) is 17.2 Å². The summed E-state index contributed by atoms with van der Waals surface area (Å²) in [5.74, 6) is -3.42. The predicted octanol–water partition coefficient (Wildman–Crippen LogP) is 0.0926. The molecule has 8 nitrogen and oxygen atoms in total. The van der Waals surface area contributed by atoms with Crippen LogP contribution >= 0.6 is 0 Å². The number of benzene rings is 1. The molecule has 0 amide bonds. The van der Waals surface area contributed by atoms with Crippen LogP contribution in [0.1, 0.15) is 0 Å². The lowest BCUT2D eigenvalue weighted by Gasteiger charge is -2.00. The fourth-order valence-corrected chi connectivity index (χ4v) is 1.07. The highest BCUT2D eigenvalue weighted by atomic mass is 19.1. The Labute approximate surface area is 99.0 Å². The van der Waals surface area contributed by atoms with Crippen LogP contribution in [0.5, 0.6) is 0 Å². The van der Waals surface area contributed by atoms with Crippen LogP contribution in [0.25, 0.3) is 0 Å². The minimum Gasteiger partial charge on any atom is -0.370 e. The zero-order valence-corrected chi connectivity index (χ0v) is 8.80. The van der Waals surface area contributed by atoms with Crippen molar-refractivity contribution in [2.45, 2.75) is 0 Å². The maximum Gasteiger partial charge on any atom is 0.300 e. The number of nitro groups is 1. The van der Waals surface area contributed by atoms with E-state index in [0.717, 1.165) is 0 Å². The molecule has 1 aromatic rings. The number of nitrogens with two attached hydrogens (primary N) is 3. The molecule has 96 valence electrons. The van der Waals surface area contributed by atoms with Crippen molar-refractivity contribution < 1.29 is 13.7 Å². The summed E-state index contributed by atoms with van der Waals surface area (Å²) in [5, 5.41) is 10.6. The van der Waals surface area contributed by atoms with E-state index in [1.54, 1.807) is 0 Å². The van der Waals surface area contributed by atoms with Crippen molar-refractivity contribution in [2.75, 3.05) is 0 Å². The third-order valence-electron chi connectivity index (χ3n) is 1.67. The molecule has 0 spiro atoms. The summed E-state index contributed by atoms with van der Waals surface area (Å²) >= 11 is 0. The van der Waals surface area contributed by atoms with Gasteiger partial charge in [0.1, 0.15) is 5.82 Å². The van der Waals surface area contributed by atoms with Gasteiger partial charge < -0.3 is 17.2 Å². The maximum atomic E-state index is 13.4. The van der Waals surface area contributed by atoms with Crippen LogP contribution in [0.4, 0.5) is 20.2 Å². The molecule has 0 saturated heterocycles. The van der Waals surface area contributed by atoms with Crippen LogP contribution in [0.3, 0.4) is 0 Å². The van der Waals surface area contributed by atoms with Crippen LogP contribution in [0.15, 0.2) is 22.1 Å². The van der Waals surface area contributed by atoms with Gasteiger partial charge in [-0.2, -0.15) is 4.99 Å². The highest BCUT2D eigenvalue weighted by Crippen LogP contribution is 2.31. The summed E-state index contributed by atoms with van der Waals surface area (Å²) in [5.41, 5.74) is 13.5. The van der Waals surface area contributed by atoms with E-state index < -0.39 is 39.9 Å². The molecule has 0 heterocycles. The Morgan fingerprint density at radius 2 is 1.89 bits per heavy atom. The molecule has 0 saturated carbocycles. The molecule has 0 aliphatic carbocycles. The monoisotopic (exact) mass is 258 g/mol. The molecule has 0 radical (unpaired) electrons. The summed E-state index contributed by atoms with van der Waals surface area (Å²) in [6.07, 6.45) is 0. The molecule has 0 aliphatic heterocycles. The van der Waals surface area contributed by atoms with E-state index in [1.165, 1.54) is 0 Å². The predicted molar refractivity (Wildman–Crippen MR) is 60.1 cm³/mol. The number of halogens is 2. The van der Waals surface area contributed by atoms with E-state index in [9.17, 15) is 18.9 Å². The number of nitrogens with zero attached hydrogens (tertiary/aromatic N) is 3. The SMILES string of the molecule is NC(N)=NC(N)=Nc1c(F)cc(F)cc1[N+](=O)[O-]. The number of rotatable bonds is 2. The second-order valence-electron chi connectivity index (χ2n) is 3.02. The summed E-state index contributed by atoms with van der Waals surface area (Å²) in [6, 6.07) is 0.930. The first-order chi connectivity index (χ1) is 8.31. The zero-order valence-electron chi connectivity index (χ0n) is 8.80. The zero-order chi connectivity index (χ0) is 13.9. The smallest absolute Gasteiger partial charge is 0.300 e. The van der Waals surface area contributed by atoms with Gasteiger partial charge in [-0.05, 0) is 0 Å². The Hall–Kier alpha value is -2.78. The quantitative estimate of drug-likeness (QED) is 0.298. The number of guanidine groups is 2. The highest BCUT2D eigenvalue weighted by Gasteiger charge is 2.20. The molecule has 0 aliphatic rings. The summed E-state index contributed by atoms with van der Waals surface area (Å²) < 4.78 is 26.2. The molecule has 0 unspecified atom stereocenters. The maximum absolute atomic E-state index is 13.4. The van der Waals surface area contributed by atoms with Crippen LogP contribution in [0.2, 0.25) is 0 Å². The number of nitro benzene ring substituents is 1. The molecule has 1 rings (SSSR count). The average molecular weight is 258 g/mol. The third kappa shape index (κ3) is 3.10. The van der Waals surface area contributed by atoms with Gasteiger partial charge >= 0.3 is 5.69 Å². The molecule has 10 heteroatoms. The largest absolute Gasteiger partial charge is 0.370 e. The molecule has 0 fully saturated rings. The molecule has 0 aromatic heterocycles. The van der Waals surface area contributed by atoms with Gasteiger partial charge in [-0.3, -0.25) is 10.1 Å². The van der Waals surface area contributed by atoms with Crippen molar-refractivity contribution >= 4 is 23.3 Å². The summed E-state index contributed by atoms with van der Waals surface area (Å²) in [4.78, 5) is 16.2. The second-order valence-corrected chi connectivity index (χ2v) is 3.02. The van der Waals surface area contributed by atoms with Gasteiger partial charge in [0.25, 0.3) is 0 Å². The molecule has 6 N–H and O–H groups in total. The number of aliphatic imine (C=N–C) groups is 2. The Morgan fingerprint density at radius 1 is 1.28 bits per heavy atom. The normalized spacial score (nSPS) is 11.1. The summed E-state index contributed by atoms with van der Waals surface area (Å²) in [7, 11) is 0. The van der Waals surface area contributed by atoms with Gasteiger partial charge in [0.2, 0.25) is 5.96 Å². The number of hydrogen-bond donors (Lipinski definition) is 3. The van der Waals surface area contributed by atoms with E-state index in [-0.39, 0.29) is 0 Å². The Bertz CT molecular complexity index is 553. The van der Waals surface area contributed by atoms with Gasteiger partial charge in [-0.25, -0.2) is 13.8 Å². The topological polar surface area (TPSA) is 146 Å². The van der Waals surface area contributed by atoms with Crippen molar-refractivity contribution in [3.8, 4) is 0 Å². The average Bonchev–Trinajstić information content (AvgIpc) is 2.20. The van der Waals surface area contributed by atoms with Gasteiger partial charge in [0.15, 0.2) is 17.5 Å². The van der Waals surface area contributed by atoms with E-state index in [1.807, 2.05) is 0 Å². The van der Waals surface area contributed by atoms with Crippen molar-refractivity contribution in [1.82, 2.24) is 0 Å². The van der Waals surface area contributed by atoms with Crippen molar-refractivity contribution in [3.63, 3.8) is 0 Å². The first-order valence-corrected chi connectivity index (χ1v) is 4.38. The highest BCUT2D eigenvalue weighted by molar-refractivity contribution is 5.94. The second kappa shape index (κ2) is 5.03. The van der Waals surface area contributed by atoms with Crippen LogP contribution in [0, 0.1) is 21.7 Å². The van der Waals surface area contributed by atoms with Gasteiger partial charge in [-0.15, -0.1) is 0 Å². The fourth-order valence-electron chi connectivity index (χ4n) is 1.07. The lowest BCUT2D eigenvalue weighted by Crippen LogP contribution is -2.26. The Kier molecular flexibility index (Phi) is 3.72. The first-order valence-electron chi connectivity index (χ1n) is 4.38. The number of hydrogen-bond acceptors (Lipinski definition) is 3. The Morgan fingerprint density at radius 3 is 2.39 bits per heavy atom. The van der Waals surface area contributed by atoms with Crippen LogP contribution < -0.4 is 17.2 Å². The molecule has 0 atom stereocenters. The van der Waals surface area contributed by atoms with Gasteiger partial charge in [0, 0.05) is 6.07 Å². The van der Waals surface area contributed by atoms with Crippen molar-refractivity contribution in [2.24, 2.45) is 27.2 Å². The van der Waals surface area contributed by atoms with E-state index >= 15 is 0 Å². The fraction of sp³-hybridized carbons (Fsp3) is 0. The molecular formula is C8H8F2N6O2. The molecule has 0 bridgehead atoms. The van der Waals surface area contributed by atoms with Crippen molar-refractivity contribution in [1.29, 1.82) is 0 Å². The van der Waals surface area contributed by atoms with Crippen LogP contribution in [-0.4, -0.2) is 16.8 Å². The minimum absolute atomic E-state index is 0.425. The summed E-state index contributed by atoms with van der Waals surface area (Å²) in [6.45, 7) is 0. The molecule has 1 aromatic carbocycles. The Balaban J connectivity index is 3.40. The minimum atomic E-state index is -1.25.